The van der Waals surface area contributed by atoms with Crippen LogP contribution in [0.25, 0.3) is 22.2 Å². The molecule has 1 aromatic carbocycles. The van der Waals surface area contributed by atoms with Crippen molar-refractivity contribution in [1.29, 1.82) is 0 Å². The molecule has 42 heavy (non-hydrogen) atoms. The van der Waals surface area contributed by atoms with Gasteiger partial charge in [0, 0.05) is 11.2 Å². The fourth-order valence-corrected chi connectivity index (χ4v) is 4.64. The Hall–Kier alpha value is -4.41. The maximum atomic E-state index is 14.3. The third-order valence-corrected chi connectivity index (χ3v) is 6.13. The number of ether oxygens (including phenoxy) is 4. The fraction of sp³-hybridized carbons (Fsp3) is 0.452. The molecule has 1 aliphatic carbocycles. The van der Waals surface area contributed by atoms with Crippen LogP contribution in [0.2, 0.25) is 0 Å². The van der Waals surface area contributed by atoms with Gasteiger partial charge in [0.25, 0.3) is 0 Å². The Balaban J connectivity index is 2.86. The van der Waals surface area contributed by atoms with Crippen LogP contribution in [0.15, 0.2) is 38.6 Å². The van der Waals surface area contributed by atoms with Gasteiger partial charge < -0.3 is 28.7 Å². The zero-order valence-electron chi connectivity index (χ0n) is 25.2. The molecule has 0 spiro atoms. The van der Waals surface area contributed by atoms with Gasteiger partial charge in [0.2, 0.25) is 5.43 Å². The zero-order valence-corrected chi connectivity index (χ0v) is 25.2. The highest BCUT2D eigenvalue weighted by molar-refractivity contribution is 6.28. The van der Waals surface area contributed by atoms with E-state index in [4.69, 9.17) is 23.4 Å². The summed E-state index contributed by atoms with van der Waals surface area (Å²) in [5.41, 5.74) is -2.71. The first-order valence-electron chi connectivity index (χ1n) is 13.8. The van der Waals surface area contributed by atoms with Gasteiger partial charge in [-0.05, 0) is 73.1 Å². The van der Waals surface area contributed by atoms with Gasteiger partial charge in [-0.1, -0.05) is 6.07 Å². The predicted molar refractivity (Wildman–Crippen MR) is 153 cm³/mol. The molecule has 1 aromatic heterocycles. The topological polar surface area (TPSA) is 147 Å². The van der Waals surface area contributed by atoms with Crippen molar-refractivity contribution in [3.05, 3.63) is 55.8 Å². The standard InChI is InChI=1S/C31H37NO10/c1-9-38-27(34)19-20(28(35)39-10-2)22(30(37)41-12-4)26-23(25(33)17-14-13-16(5)15-18(17)42-26)24(32-31(6,7)8)21(19)29(36)40-11-3/h13-15,21,32H,9-12H2,1-8H3. The summed E-state index contributed by atoms with van der Waals surface area (Å²) in [6.07, 6.45) is 0. The van der Waals surface area contributed by atoms with Gasteiger partial charge in [-0.25, -0.2) is 14.4 Å². The lowest BCUT2D eigenvalue weighted by Gasteiger charge is -2.29. The average molecular weight is 584 g/mol. The van der Waals surface area contributed by atoms with Crippen LogP contribution in [-0.2, 0) is 38.1 Å². The van der Waals surface area contributed by atoms with Crippen molar-refractivity contribution in [2.75, 3.05) is 26.4 Å². The molecular weight excluding hydrogens is 546 g/mol. The minimum atomic E-state index is -1.71. The van der Waals surface area contributed by atoms with Crippen LogP contribution < -0.4 is 21.4 Å². The van der Waals surface area contributed by atoms with Crippen LogP contribution in [0, 0.1) is 12.8 Å². The Morgan fingerprint density at radius 2 is 1.38 bits per heavy atom. The molecule has 2 aromatic rings. The van der Waals surface area contributed by atoms with Gasteiger partial charge in [-0.3, -0.25) is 9.59 Å². The predicted octanol–water partition coefficient (Wildman–Crippen LogP) is 1.93. The second-order valence-electron chi connectivity index (χ2n) is 10.4. The zero-order chi connectivity index (χ0) is 31.4. The largest absolute Gasteiger partial charge is 0.465 e. The highest BCUT2D eigenvalue weighted by Crippen LogP contribution is 2.33. The van der Waals surface area contributed by atoms with Gasteiger partial charge in [0.15, 0.2) is 5.42 Å². The number of nitrogens with one attached hydrogen (secondary N) is 1. The van der Waals surface area contributed by atoms with Crippen LogP contribution in [0.3, 0.4) is 0 Å². The highest BCUT2D eigenvalue weighted by atomic mass is 16.5. The molecule has 0 amide bonds. The number of esters is 4. The van der Waals surface area contributed by atoms with E-state index in [0.717, 1.165) is 5.56 Å². The van der Waals surface area contributed by atoms with Crippen molar-refractivity contribution >= 4 is 46.1 Å². The van der Waals surface area contributed by atoms with Crippen molar-refractivity contribution in [3.8, 4) is 0 Å². The summed E-state index contributed by atoms with van der Waals surface area (Å²) in [5, 5.41) is 3.08. The summed E-state index contributed by atoms with van der Waals surface area (Å²) < 4.78 is 27.5. The molecule has 226 valence electrons. The minimum absolute atomic E-state index is 0.0874. The van der Waals surface area contributed by atoms with Crippen molar-refractivity contribution < 1.29 is 42.5 Å². The number of hydrogen-bond donors (Lipinski definition) is 1. The molecule has 11 nitrogen and oxygen atoms in total. The smallest absolute Gasteiger partial charge is 0.342 e. The number of benzene rings is 1. The molecule has 1 atom stereocenters. The van der Waals surface area contributed by atoms with Crippen LogP contribution in [0.1, 0.15) is 54.0 Å². The van der Waals surface area contributed by atoms with E-state index in [1.165, 1.54) is 6.92 Å². The first kappa shape index (κ1) is 32.1. The van der Waals surface area contributed by atoms with Gasteiger partial charge >= 0.3 is 23.9 Å². The molecule has 11 heteroatoms. The average Bonchev–Trinajstić information content (AvgIpc) is 3.01. The molecule has 0 saturated heterocycles. The van der Waals surface area contributed by atoms with E-state index in [9.17, 15) is 24.0 Å². The molecule has 0 saturated carbocycles. The summed E-state index contributed by atoms with van der Waals surface area (Å²) in [5.74, 6) is -5.95. The van der Waals surface area contributed by atoms with E-state index in [-0.39, 0.29) is 53.7 Å². The lowest BCUT2D eigenvalue weighted by atomic mass is 9.88. The fourth-order valence-electron chi connectivity index (χ4n) is 4.64. The molecule has 0 fully saturated rings. The molecule has 1 unspecified atom stereocenters. The molecule has 1 heterocycles. The van der Waals surface area contributed by atoms with Crippen LogP contribution in [0.4, 0.5) is 0 Å². The number of hydrogen-bond acceptors (Lipinski definition) is 11. The third kappa shape index (κ3) is 6.40. The second-order valence-corrected chi connectivity index (χ2v) is 10.4. The number of carbonyl (C=O) groups excluding carboxylic acids is 4. The van der Waals surface area contributed by atoms with Gasteiger partial charge in [-0.2, -0.15) is 0 Å². The minimum Gasteiger partial charge on any atom is -0.465 e. The second kappa shape index (κ2) is 13.1. The Kier molecular flexibility index (Phi) is 9.98. The summed E-state index contributed by atoms with van der Waals surface area (Å²) in [6, 6.07) is 4.88. The molecule has 0 bridgehead atoms. The lowest BCUT2D eigenvalue weighted by Crippen LogP contribution is -2.50. The number of rotatable bonds is 9. The van der Waals surface area contributed by atoms with Gasteiger partial charge in [0.05, 0.1) is 48.2 Å². The van der Waals surface area contributed by atoms with Gasteiger partial charge in [0.1, 0.15) is 17.1 Å². The Bertz CT molecular complexity index is 1640. The van der Waals surface area contributed by atoms with E-state index in [2.05, 4.69) is 5.32 Å². The number of fused-ring (bicyclic) bond motifs is 2. The first-order chi connectivity index (χ1) is 19.8. The quantitative estimate of drug-likeness (QED) is 0.341. The summed E-state index contributed by atoms with van der Waals surface area (Å²) in [7, 11) is 0. The van der Waals surface area contributed by atoms with E-state index < -0.39 is 57.5 Å². The third-order valence-electron chi connectivity index (χ3n) is 6.13. The van der Waals surface area contributed by atoms with E-state index >= 15 is 0 Å². The Labute approximate surface area is 243 Å². The highest BCUT2D eigenvalue weighted by Gasteiger charge is 2.45. The summed E-state index contributed by atoms with van der Waals surface area (Å²) >= 11 is 0. The Morgan fingerprint density at radius 3 is 1.93 bits per heavy atom. The summed E-state index contributed by atoms with van der Waals surface area (Å²) in [6.45, 7) is 12.8. The number of carbonyl (C=O) groups is 4. The molecule has 0 radical (unpaired) electrons. The van der Waals surface area contributed by atoms with Crippen molar-refractivity contribution in [1.82, 2.24) is 5.32 Å². The first-order valence-corrected chi connectivity index (χ1v) is 13.8. The molecule has 1 N–H and O–H groups in total. The van der Waals surface area contributed by atoms with E-state index in [0.29, 0.717) is 0 Å². The molecular formula is C31H37NO10. The van der Waals surface area contributed by atoms with E-state index in [1.54, 1.807) is 66.7 Å². The molecule has 0 aliphatic heterocycles. The maximum Gasteiger partial charge on any atom is 0.342 e. The van der Waals surface area contributed by atoms with Crippen molar-refractivity contribution in [2.45, 2.75) is 60.9 Å². The lowest BCUT2D eigenvalue weighted by molar-refractivity contribution is -0.148. The molecule has 1 aliphatic rings. The molecule has 3 rings (SSSR count). The van der Waals surface area contributed by atoms with Crippen LogP contribution >= 0.6 is 0 Å². The van der Waals surface area contributed by atoms with Crippen LogP contribution in [0.5, 0.6) is 0 Å². The summed E-state index contributed by atoms with van der Waals surface area (Å²) in [4.78, 5) is 69.2. The van der Waals surface area contributed by atoms with Crippen molar-refractivity contribution in [3.63, 3.8) is 0 Å². The number of aryl methyl sites for hydroxylation is 1. The SMILES string of the molecule is CCOC(=O)C1=C(C(=O)OCC)C(C(=O)OCC)C(NC(C)(C)C)=c2c(oc3cc(C)ccc3c2=O)=C1C(=O)OCC. The van der Waals surface area contributed by atoms with Crippen molar-refractivity contribution in [2.24, 2.45) is 5.92 Å². The Morgan fingerprint density at radius 1 is 0.833 bits per heavy atom. The van der Waals surface area contributed by atoms with Gasteiger partial charge in [-0.15, -0.1) is 0 Å². The normalized spacial score (nSPS) is 15.1. The van der Waals surface area contributed by atoms with Crippen LogP contribution in [-0.4, -0.2) is 55.8 Å². The monoisotopic (exact) mass is 583 g/mol. The maximum absolute atomic E-state index is 14.3. The van der Waals surface area contributed by atoms with E-state index in [1.807, 2.05) is 0 Å².